The van der Waals surface area contributed by atoms with Crippen LogP contribution in [0.3, 0.4) is 0 Å². The van der Waals surface area contributed by atoms with Crippen molar-refractivity contribution in [3.63, 3.8) is 0 Å². The number of nitrogens with one attached hydrogen (secondary N) is 2. The summed E-state index contributed by atoms with van der Waals surface area (Å²) in [6, 6.07) is 9.91. The monoisotopic (exact) mass is 395 g/mol. The zero-order valence-corrected chi connectivity index (χ0v) is 13.9. The number of rotatable bonds is 4. The van der Waals surface area contributed by atoms with E-state index in [1.54, 1.807) is 0 Å². The number of carbonyl (C=O) groups is 1. The van der Waals surface area contributed by atoms with Gasteiger partial charge in [-0.3, -0.25) is 4.79 Å². The Morgan fingerprint density at radius 2 is 1.90 bits per heavy atom. The number of nitrogens with zero attached hydrogens (tertiary/aromatic N) is 1. The van der Waals surface area contributed by atoms with E-state index in [-0.39, 0.29) is 17.5 Å². The van der Waals surface area contributed by atoms with E-state index in [0.717, 1.165) is 34.9 Å². The molecule has 0 heterocycles. The maximum atomic E-state index is 12.1. The largest absolute Gasteiger partial charge is 0.360 e. The molecule has 1 amide bonds. The van der Waals surface area contributed by atoms with E-state index in [2.05, 4.69) is 33.2 Å². The van der Waals surface area contributed by atoms with Gasteiger partial charge in [0.05, 0.1) is 0 Å². The lowest BCUT2D eigenvalue weighted by molar-refractivity contribution is -0.118. The molecule has 5 heteroatoms. The van der Waals surface area contributed by atoms with Crippen LogP contribution in [-0.4, -0.2) is 11.9 Å². The summed E-state index contributed by atoms with van der Waals surface area (Å²) in [7, 11) is 0. The molecule has 0 unspecified atom stereocenters. The van der Waals surface area contributed by atoms with Gasteiger partial charge in [-0.1, -0.05) is 19.3 Å². The van der Waals surface area contributed by atoms with Crippen molar-refractivity contribution in [1.29, 1.82) is 5.26 Å². The van der Waals surface area contributed by atoms with Crippen LogP contribution in [-0.2, 0) is 4.79 Å². The molecule has 1 aliphatic rings. The Kier molecular flexibility index (Phi) is 6.05. The number of hydrogen-bond acceptors (Lipinski definition) is 3. The van der Waals surface area contributed by atoms with Gasteiger partial charge in [-0.25, -0.2) is 0 Å². The highest BCUT2D eigenvalue weighted by Crippen LogP contribution is 2.17. The molecule has 1 fully saturated rings. The number of nitriles is 1. The Morgan fingerprint density at radius 3 is 2.52 bits per heavy atom. The molecule has 4 nitrogen and oxygen atoms in total. The van der Waals surface area contributed by atoms with Crippen LogP contribution in [0.1, 0.15) is 32.1 Å². The topological polar surface area (TPSA) is 64.9 Å². The summed E-state index contributed by atoms with van der Waals surface area (Å²) >= 11 is 2.23. The second kappa shape index (κ2) is 8.03. The van der Waals surface area contributed by atoms with Gasteiger partial charge >= 0.3 is 0 Å². The Balaban J connectivity index is 1.94. The average molecular weight is 395 g/mol. The van der Waals surface area contributed by atoms with Crippen molar-refractivity contribution in [2.24, 2.45) is 0 Å². The quantitative estimate of drug-likeness (QED) is 0.466. The smallest absolute Gasteiger partial charge is 0.263 e. The molecule has 0 atom stereocenters. The second-order valence-corrected chi connectivity index (χ2v) is 6.38. The van der Waals surface area contributed by atoms with E-state index in [1.165, 1.54) is 12.6 Å². The van der Waals surface area contributed by atoms with Gasteiger partial charge < -0.3 is 10.6 Å². The highest BCUT2D eigenvalue weighted by Gasteiger charge is 2.17. The van der Waals surface area contributed by atoms with Gasteiger partial charge in [0.25, 0.3) is 5.91 Å². The molecule has 1 aromatic rings. The summed E-state index contributed by atoms with van der Waals surface area (Å²) in [6.45, 7) is 0. The molecular formula is C16H18IN3O. The van der Waals surface area contributed by atoms with E-state index in [1.807, 2.05) is 30.3 Å². The molecule has 21 heavy (non-hydrogen) atoms. The summed E-state index contributed by atoms with van der Waals surface area (Å²) in [5.74, 6) is -0.289. The first-order chi connectivity index (χ1) is 10.2. The molecular weight excluding hydrogens is 377 g/mol. The normalized spacial score (nSPS) is 16.1. The van der Waals surface area contributed by atoms with Gasteiger partial charge in [0.1, 0.15) is 11.6 Å². The zero-order valence-electron chi connectivity index (χ0n) is 11.7. The maximum absolute atomic E-state index is 12.1. The standard InChI is InChI=1S/C16H18IN3O/c17-13-6-8-14(9-7-13)19-11-12(10-18)16(21)20-15-4-2-1-3-5-15/h6-9,11,15,19H,1-5H2,(H,20,21)/b12-11-. The van der Waals surface area contributed by atoms with Crippen LogP contribution < -0.4 is 10.6 Å². The highest BCUT2D eigenvalue weighted by atomic mass is 127. The molecule has 110 valence electrons. The fourth-order valence-corrected chi connectivity index (χ4v) is 2.72. The number of hydrogen-bond donors (Lipinski definition) is 2. The van der Waals surface area contributed by atoms with Crippen molar-refractivity contribution in [3.05, 3.63) is 39.6 Å². The van der Waals surface area contributed by atoms with Crippen LogP contribution in [0.25, 0.3) is 0 Å². The first-order valence-corrected chi connectivity index (χ1v) is 8.20. The maximum Gasteiger partial charge on any atom is 0.263 e. The molecule has 0 bridgehead atoms. The molecule has 1 aliphatic carbocycles. The Labute approximate surface area is 138 Å². The number of halogens is 1. The molecule has 1 aromatic carbocycles. The summed E-state index contributed by atoms with van der Waals surface area (Å²) < 4.78 is 1.14. The fourth-order valence-electron chi connectivity index (χ4n) is 2.36. The van der Waals surface area contributed by atoms with Crippen molar-refractivity contribution in [2.45, 2.75) is 38.1 Å². The van der Waals surface area contributed by atoms with Gasteiger partial charge in [-0.15, -0.1) is 0 Å². The minimum Gasteiger partial charge on any atom is -0.360 e. The minimum atomic E-state index is -0.289. The Morgan fingerprint density at radius 1 is 1.24 bits per heavy atom. The molecule has 1 saturated carbocycles. The lowest BCUT2D eigenvalue weighted by atomic mass is 9.95. The zero-order chi connectivity index (χ0) is 15.1. The lowest BCUT2D eigenvalue weighted by Crippen LogP contribution is -2.37. The van der Waals surface area contributed by atoms with Crippen molar-refractivity contribution in [1.82, 2.24) is 5.32 Å². The van der Waals surface area contributed by atoms with Crippen molar-refractivity contribution < 1.29 is 4.79 Å². The van der Waals surface area contributed by atoms with E-state index < -0.39 is 0 Å². The van der Waals surface area contributed by atoms with Crippen molar-refractivity contribution in [2.75, 3.05) is 5.32 Å². The van der Waals surface area contributed by atoms with Crippen LogP contribution in [0.2, 0.25) is 0 Å². The Hall–Kier alpha value is -1.55. The van der Waals surface area contributed by atoms with Gasteiger partial charge in [0.2, 0.25) is 0 Å². The molecule has 0 aliphatic heterocycles. The van der Waals surface area contributed by atoms with Gasteiger partial charge in [-0.05, 0) is 59.7 Å². The van der Waals surface area contributed by atoms with Crippen LogP contribution in [0.15, 0.2) is 36.0 Å². The average Bonchev–Trinajstić information content (AvgIpc) is 2.51. The van der Waals surface area contributed by atoms with Gasteiger partial charge in [0.15, 0.2) is 0 Å². The number of carbonyl (C=O) groups excluding carboxylic acids is 1. The predicted octanol–water partition coefficient (Wildman–Crippen LogP) is 3.56. The van der Waals surface area contributed by atoms with Gasteiger partial charge in [0, 0.05) is 21.5 Å². The number of amides is 1. The number of anilines is 1. The van der Waals surface area contributed by atoms with Crippen LogP contribution >= 0.6 is 22.6 Å². The summed E-state index contributed by atoms with van der Waals surface area (Å²) in [5.41, 5.74) is 0.966. The van der Waals surface area contributed by atoms with Crippen LogP contribution in [0.5, 0.6) is 0 Å². The third kappa shape index (κ3) is 5.05. The van der Waals surface area contributed by atoms with E-state index in [0.29, 0.717) is 0 Å². The third-order valence-corrected chi connectivity index (χ3v) is 4.25. The van der Waals surface area contributed by atoms with E-state index in [4.69, 9.17) is 5.26 Å². The van der Waals surface area contributed by atoms with Crippen molar-refractivity contribution >= 4 is 34.2 Å². The first kappa shape index (κ1) is 15.8. The highest BCUT2D eigenvalue weighted by molar-refractivity contribution is 14.1. The first-order valence-electron chi connectivity index (χ1n) is 7.12. The van der Waals surface area contributed by atoms with Crippen molar-refractivity contribution in [3.8, 4) is 6.07 Å². The third-order valence-electron chi connectivity index (χ3n) is 3.53. The molecule has 0 radical (unpaired) electrons. The van der Waals surface area contributed by atoms with Crippen LogP contribution in [0, 0.1) is 14.9 Å². The molecule has 2 rings (SSSR count). The van der Waals surface area contributed by atoms with E-state index in [9.17, 15) is 4.79 Å². The molecule has 0 spiro atoms. The summed E-state index contributed by atoms with van der Waals surface area (Å²) in [4.78, 5) is 12.1. The molecule has 0 saturated heterocycles. The number of benzene rings is 1. The van der Waals surface area contributed by atoms with E-state index >= 15 is 0 Å². The summed E-state index contributed by atoms with van der Waals surface area (Å²) in [5, 5.41) is 15.1. The minimum absolute atomic E-state index is 0.110. The van der Waals surface area contributed by atoms with Gasteiger partial charge in [-0.2, -0.15) is 5.26 Å². The second-order valence-electron chi connectivity index (χ2n) is 5.13. The molecule has 2 N–H and O–H groups in total. The SMILES string of the molecule is N#C/C(=C/Nc1ccc(I)cc1)C(=O)NC1CCCCC1. The summed E-state index contributed by atoms with van der Waals surface area (Å²) in [6.07, 6.45) is 7.03. The predicted molar refractivity (Wildman–Crippen MR) is 91.5 cm³/mol. The Bertz CT molecular complexity index is 554. The fraction of sp³-hybridized carbons (Fsp3) is 0.375. The van der Waals surface area contributed by atoms with Crippen LogP contribution in [0.4, 0.5) is 5.69 Å². The lowest BCUT2D eigenvalue weighted by Gasteiger charge is -2.22. The molecule has 0 aromatic heterocycles.